The Kier molecular flexibility index (Phi) is 5.58. The topological polar surface area (TPSA) is 67.2 Å². The minimum Gasteiger partial charge on any atom is -0.358 e. The van der Waals surface area contributed by atoms with Crippen LogP contribution in [0.4, 0.5) is 24.5 Å². The van der Waals surface area contributed by atoms with Gasteiger partial charge in [0.05, 0.1) is 16.2 Å². The molecule has 0 aliphatic heterocycles. The number of nitro benzene ring substituents is 1. The fourth-order valence-electron chi connectivity index (χ4n) is 2.04. The molecule has 2 rings (SSSR count). The van der Waals surface area contributed by atoms with Crippen molar-refractivity contribution in [3.05, 3.63) is 69.3 Å². The van der Waals surface area contributed by atoms with Crippen LogP contribution in [-0.4, -0.2) is 10.0 Å². The molecule has 0 saturated carbocycles. The second-order valence-electron chi connectivity index (χ2n) is 5.28. The fourth-order valence-corrected chi connectivity index (χ4v) is 2.23. The molecule has 2 aromatic rings. The number of thiocarbonyl (C=S) groups is 1. The number of alkyl halides is 3. The van der Waals surface area contributed by atoms with Gasteiger partial charge in [0.1, 0.15) is 0 Å². The van der Waals surface area contributed by atoms with E-state index in [4.69, 9.17) is 12.2 Å². The molecule has 0 saturated heterocycles. The smallest absolute Gasteiger partial charge is 0.358 e. The Morgan fingerprint density at radius 1 is 1.20 bits per heavy atom. The summed E-state index contributed by atoms with van der Waals surface area (Å²) in [5.74, 6) is 0. The maximum absolute atomic E-state index is 13.1. The highest BCUT2D eigenvalue weighted by Crippen LogP contribution is 2.37. The minimum absolute atomic E-state index is 0.0140. The summed E-state index contributed by atoms with van der Waals surface area (Å²) >= 11 is 5.00. The third-order valence-corrected chi connectivity index (χ3v) is 3.59. The van der Waals surface area contributed by atoms with Crippen LogP contribution < -0.4 is 10.6 Å². The van der Waals surface area contributed by atoms with E-state index in [9.17, 15) is 23.3 Å². The van der Waals surface area contributed by atoms with Crippen LogP contribution in [0.3, 0.4) is 0 Å². The lowest BCUT2D eigenvalue weighted by atomic mass is 10.1. The third-order valence-electron chi connectivity index (χ3n) is 3.34. The highest BCUT2D eigenvalue weighted by atomic mass is 32.1. The fraction of sp³-hybridized carbons (Fsp3) is 0.188. The van der Waals surface area contributed by atoms with Crippen molar-refractivity contribution in [2.45, 2.75) is 19.6 Å². The first kappa shape index (κ1) is 18.7. The highest BCUT2D eigenvalue weighted by molar-refractivity contribution is 7.80. The number of hydrogen-bond donors (Lipinski definition) is 2. The van der Waals surface area contributed by atoms with E-state index in [1.165, 1.54) is 0 Å². The van der Waals surface area contributed by atoms with Crippen molar-refractivity contribution in [2.24, 2.45) is 0 Å². The molecular formula is C16H14F3N3O2S. The number of halogens is 3. The van der Waals surface area contributed by atoms with Gasteiger partial charge in [-0.25, -0.2) is 0 Å². The van der Waals surface area contributed by atoms with Crippen molar-refractivity contribution in [1.82, 2.24) is 5.32 Å². The van der Waals surface area contributed by atoms with E-state index in [1.807, 2.05) is 31.2 Å². The Hall–Kier alpha value is -2.68. The molecule has 0 radical (unpaired) electrons. The van der Waals surface area contributed by atoms with Crippen molar-refractivity contribution in [1.29, 1.82) is 0 Å². The van der Waals surface area contributed by atoms with Crippen LogP contribution in [-0.2, 0) is 12.7 Å². The summed E-state index contributed by atoms with van der Waals surface area (Å²) < 4.78 is 39.3. The second kappa shape index (κ2) is 7.47. The Labute approximate surface area is 147 Å². The van der Waals surface area contributed by atoms with Crippen LogP contribution >= 0.6 is 12.2 Å². The lowest BCUT2D eigenvalue weighted by Crippen LogP contribution is -2.29. The predicted molar refractivity (Wildman–Crippen MR) is 92.3 cm³/mol. The molecule has 0 aromatic heterocycles. The van der Waals surface area contributed by atoms with E-state index < -0.39 is 22.4 Å². The molecule has 0 aliphatic rings. The monoisotopic (exact) mass is 369 g/mol. The van der Waals surface area contributed by atoms with Gasteiger partial charge in [-0.15, -0.1) is 0 Å². The molecular weight excluding hydrogens is 355 g/mol. The maximum Gasteiger partial charge on any atom is 0.418 e. The lowest BCUT2D eigenvalue weighted by Gasteiger charge is -2.16. The van der Waals surface area contributed by atoms with E-state index in [-0.39, 0.29) is 10.8 Å². The Bertz CT molecular complexity index is 792. The molecule has 0 unspecified atom stereocenters. The van der Waals surface area contributed by atoms with Gasteiger partial charge in [0, 0.05) is 18.7 Å². The minimum atomic E-state index is -4.75. The molecule has 0 bridgehead atoms. The molecule has 132 valence electrons. The number of hydrogen-bond acceptors (Lipinski definition) is 3. The van der Waals surface area contributed by atoms with Gasteiger partial charge < -0.3 is 10.6 Å². The van der Waals surface area contributed by atoms with E-state index in [0.29, 0.717) is 12.6 Å². The van der Waals surface area contributed by atoms with Gasteiger partial charge in [-0.1, -0.05) is 29.8 Å². The molecule has 2 aromatic carbocycles. The SMILES string of the molecule is Cc1ccc(CNC(=S)Nc2ccc([N+](=O)[O-])cc2C(F)(F)F)cc1. The first-order chi connectivity index (χ1) is 11.7. The number of non-ortho nitro benzene ring substituents is 1. The molecule has 0 atom stereocenters. The largest absolute Gasteiger partial charge is 0.418 e. The van der Waals surface area contributed by atoms with Crippen LogP contribution in [0.1, 0.15) is 16.7 Å². The number of rotatable bonds is 4. The van der Waals surface area contributed by atoms with Gasteiger partial charge in [0.2, 0.25) is 0 Å². The molecule has 0 fully saturated rings. The Morgan fingerprint density at radius 2 is 1.84 bits per heavy atom. The number of nitro groups is 1. The standard InChI is InChI=1S/C16H14F3N3O2S/c1-10-2-4-11(5-3-10)9-20-15(25)21-14-7-6-12(22(23)24)8-13(14)16(17,18)19/h2-8H,9H2,1H3,(H2,20,21,25). The first-order valence-corrected chi connectivity index (χ1v) is 7.53. The summed E-state index contributed by atoms with van der Waals surface area (Å²) in [5.41, 5.74) is -0.142. The molecule has 0 spiro atoms. The van der Waals surface area contributed by atoms with Crippen molar-refractivity contribution in [2.75, 3.05) is 5.32 Å². The summed E-state index contributed by atoms with van der Waals surface area (Å²) in [6, 6.07) is 10.0. The van der Waals surface area contributed by atoms with Crippen LogP contribution in [0.5, 0.6) is 0 Å². The normalized spacial score (nSPS) is 11.0. The van der Waals surface area contributed by atoms with E-state index in [1.54, 1.807) is 0 Å². The maximum atomic E-state index is 13.1. The van der Waals surface area contributed by atoms with Gasteiger partial charge in [0.25, 0.3) is 5.69 Å². The van der Waals surface area contributed by atoms with Crippen LogP contribution in [0.2, 0.25) is 0 Å². The van der Waals surface area contributed by atoms with Gasteiger partial charge in [-0.2, -0.15) is 13.2 Å². The van der Waals surface area contributed by atoms with Crippen molar-refractivity contribution < 1.29 is 18.1 Å². The molecule has 0 heterocycles. The lowest BCUT2D eigenvalue weighted by molar-refractivity contribution is -0.385. The summed E-state index contributed by atoms with van der Waals surface area (Å²) in [7, 11) is 0. The van der Waals surface area contributed by atoms with Gasteiger partial charge in [-0.3, -0.25) is 10.1 Å². The predicted octanol–water partition coefficient (Wildman–Crippen LogP) is 4.41. The van der Waals surface area contributed by atoms with E-state index >= 15 is 0 Å². The van der Waals surface area contributed by atoms with E-state index in [2.05, 4.69) is 10.6 Å². The number of nitrogens with zero attached hydrogens (tertiary/aromatic N) is 1. The van der Waals surface area contributed by atoms with Gasteiger partial charge >= 0.3 is 6.18 Å². The van der Waals surface area contributed by atoms with Crippen molar-refractivity contribution in [3.8, 4) is 0 Å². The summed E-state index contributed by atoms with van der Waals surface area (Å²) in [6.45, 7) is 2.27. The number of nitrogens with one attached hydrogen (secondary N) is 2. The number of aryl methyl sites for hydroxylation is 1. The molecule has 9 heteroatoms. The highest BCUT2D eigenvalue weighted by Gasteiger charge is 2.35. The van der Waals surface area contributed by atoms with Crippen molar-refractivity contribution >= 4 is 28.7 Å². The molecule has 0 amide bonds. The summed E-state index contributed by atoms with van der Waals surface area (Å²) in [4.78, 5) is 9.79. The van der Waals surface area contributed by atoms with Crippen LogP contribution in [0.15, 0.2) is 42.5 Å². The number of benzene rings is 2. The van der Waals surface area contributed by atoms with Gasteiger partial charge in [-0.05, 0) is 30.8 Å². The quantitative estimate of drug-likeness (QED) is 0.475. The molecule has 2 N–H and O–H groups in total. The van der Waals surface area contributed by atoms with E-state index in [0.717, 1.165) is 23.3 Å². The zero-order valence-electron chi connectivity index (χ0n) is 13.1. The summed E-state index contributed by atoms with van der Waals surface area (Å²) in [5, 5.41) is 15.9. The van der Waals surface area contributed by atoms with Crippen LogP contribution in [0.25, 0.3) is 0 Å². The van der Waals surface area contributed by atoms with Gasteiger partial charge in [0.15, 0.2) is 5.11 Å². The summed E-state index contributed by atoms with van der Waals surface area (Å²) in [6.07, 6.45) is -4.75. The Balaban J connectivity index is 2.11. The molecule has 0 aliphatic carbocycles. The van der Waals surface area contributed by atoms with Crippen LogP contribution in [0, 0.1) is 17.0 Å². The van der Waals surface area contributed by atoms with Crippen molar-refractivity contribution in [3.63, 3.8) is 0 Å². The average molecular weight is 369 g/mol. The third kappa shape index (κ3) is 5.15. The molecule has 25 heavy (non-hydrogen) atoms. The zero-order valence-corrected chi connectivity index (χ0v) is 13.9. The first-order valence-electron chi connectivity index (χ1n) is 7.13. The second-order valence-corrected chi connectivity index (χ2v) is 5.69. The Morgan fingerprint density at radius 3 is 2.40 bits per heavy atom. The molecule has 5 nitrogen and oxygen atoms in total. The average Bonchev–Trinajstić information content (AvgIpc) is 2.53. The zero-order chi connectivity index (χ0) is 18.6. The number of anilines is 1.